The molecule has 0 atom stereocenters. The minimum atomic E-state index is 0.801. The van der Waals surface area contributed by atoms with E-state index in [-0.39, 0.29) is 0 Å². The molecule has 2 nitrogen and oxygen atoms in total. The van der Waals surface area contributed by atoms with E-state index >= 15 is 0 Å². The molecule has 0 bridgehead atoms. The van der Waals surface area contributed by atoms with Gasteiger partial charge in [-0.15, -0.1) is 0 Å². The summed E-state index contributed by atoms with van der Waals surface area (Å²) in [5.41, 5.74) is 1.51. The predicted molar refractivity (Wildman–Crippen MR) is 42.0 cm³/mol. The number of aromatic nitrogens is 2. The zero-order chi connectivity index (χ0) is 7.40. The summed E-state index contributed by atoms with van der Waals surface area (Å²) in [4.78, 5) is 4.06. The van der Waals surface area contributed by atoms with Gasteiger partial charge in [-0.1, -0.05) is 17.7 Å². The Hall–Kier alpha value is -0.760. The normalized spacial score (nSPS) is 11.0. The standard InChI is InChI=1S/C7H9ClN2/c1-7-9-4-6-10(7)5-2-3-8/h2-4,6H,5H2,1H3/b3-2+. The van der Waals surface area contributed by atoms with Crippen LogP contribution >= 0.6 is 11.6 Å². The number of hydrogen-bond acceptors (Lipinski definition) is 1. The highest BCUT2D eigenvalue weighted by molar-refractivity contribution is 6.25. The van der Waals surface area contributed by atoms with Crippen LogP contribution in [0.2, 0.25) is 0 Å². The van der Waals surface area contributed by atoms with Crippen LogP contribution in [0.5, 0.6) is 0 Å². The number of imidazole rings is 1. The zero-order valence-corrected chi connectivity index (χ0v) is 6.54. The monoisotopic (exact) mass is 156 g/mol. The number of nitrogens with zero attached hydrogens (tertiary/aromatic N) is 2. The molecule has 54 valence electrons. The molecule has 0 amide bonds. The molecule has 0 aliphatic carbocycles. The fourth-order valence-electron chi connectivity index (χ4n) is 0.750. The van der Waals surface area contributed by atoms with Gasteiger partial charge in [-0.3, -0.25) is 0 Å². The van der Waals surface area contributed by atoms with Gasteiger partial charge in [0.25, 0.3) is 0 Å². The number of aryl methyl sites for hydroxylation is 1. The van der Waals surface area contributed by atoms with Gasteiger partial charge < -0.3 is 4.57 Å². The SMILES string of the molecule is Cc1nccn1C/C=C/Cl. The van der Waals surface area contributed by atoms with Gasteiger partial charge in [0.15, 0.2) is 0 Å². The maximum atomic E-state index is 5.36. The van der Waals surface area contributed by atoms with Crippen LogP contribution in [0.1, 0.15) is 5.82 Å². The summed E-state index contributed by atoms with van der Waals surface area (Å²) < 4.78 is 2.01. The summed E-state index contributed by atoms with van der Waals surface area (Å²) in [5.74, 6) is 1.01. The van der Waals surface area contributed by atoms with E-state index in [2.05, 4.69) is 4.98 Å². The van der Waals surface area contributed by atoms with Crippen LogP contribution in [0, 0.1) is 6.92 Å². The van der Waals surface area contributed by atoms with E-state index in [4.69, 9.17) is 11.6 Å². The lowest BCUT2D eigenvalue weighted by Gasteiger charge is -1.97. The van der Waals surface area contributed by atoms with Gasteiger partial charge >= 0.3 is 0 Å². The van der Waals surface area contributed by atoms with Crippen molar-refractivity contribution in [1.29, 1.82) is 0 Å². The van der Waals surface area contributed by atoms with Gasteiger partial charge in [0.2, 0.25) is 0 Å². The van der Waals surface area contributed by atoms with E-state index in [1.54, 1.807) is 6.20 Å². The van der Waals surface area contributed by atoms with Gasteiger partial charge in [0.1, 0.15) is 5.82 Å². The molecule has 0 unspecified atom stereocenters. The van der Waals surface area contributed by atoms with Gasteiger partial charge in [0, 0.05) is 24.5 Å². The Morgan fingerprint density at radius 3 is 3.10 bits per heavy atom. The number of halogens is 1. The minimum absolute atomic E-state index is 0.801. The molecule has 0 radical (unpaired) electrons. The summed E-state index contributed by atoms with van der Waals surface area (Å²) in [6.45, 7) is 2.76. The molecule has 0 aliphatic heterocycles. The molecule has 3 heteroatoms. The van der Waals surface area contributed by atoms with Crippen LogP contribution in [-0.4, -0.2) is 9.55 Å². The predicted octanol–water partition coefficient (Wildman–Crippen LogP) is 1.94. The summed E-state index contributed by atoms with van der Waals surface area (Å²) in [6, 6.07) is 0. The summed E-state index contributed by atoms with van der Waals surface area (Å²) in [7, 11) is 0. The van der Waals surface area contributed by atoms with Crippen molar-refractivity contribution in [3.8, 4) is 0 Å². The van der Waals surface area contributed by atoms with Crippen molar-refractivity contribution in [2.75, 3.05) is 0 Å². The number of rotatable bonds is 2. The highest BCUT2D eigenvalue weighted by Gasteiger charge is 1.90. The second kappa shape index (κ2) is 3.42. The van der Waals surface area contributed by atoms with Crippen LogP contribution in [0.15, 0.2) is 24.0 Å². The fourth-order valence-corrected chi connectivity index (χ4v) is 0.830. The van der Waals surface area contributed by atoms with E-state index in [9.17, 15) is 0 Å². The smallest absolute Gasteiger partial charge is 0.105 e. The van der Waals surface area contributed by atoms with Crippen LogP contribution in [0.3, 0.4) is 0 Å². The maximum absolute atomic E-state index is 5.36. The molecular weight excluding hydrogens is 148 g/mol. The molecule has 0 aliphatic rings. The van der Waals surface area contributed by atoms with Gasteiger partial charge in [-0.2, -0.15) is 0 Å². The highest BCUT2D eigenvalue weighted by Crippen LogP contribution is 1.95. The molecule has 0 N–H and O–H groups in total. The summed E-state index contributed by atoms with van der Waals surface area (Å²) in [5, 5.41) is 0. The van der Waals surface area contributed by atoms with Crippen LogP contribution in [0.4, 0.5) is 0 Å². The number of allylic oxidation sites excluding steroid dienone is 1. The third-order valence-electron chi connectivity index (χ3n) is 1.31. The van der Waals surface area contributed by atoms with E-state index in [1.807, 2.05) is 23.8 Å². The highest BCUT2D eigenvalue weighted by atomic mass is 35.5. The first kappa shape index (κ1) is 7.35. The Bertz CT molecular complexity index is 227. The Morgan fingerprint density at radius 2 is 2.60 bits per heavy atom. The Balaban J connectivity index is 2.65. The Kier molecular flexibility index (Phi) is 2.51. The Labute approximate surface area is 65.1 Å². The summed E-state index contributed by atoms with van der Waals surface area (Å²) >= 11 is 5.36. The number of hydrogen-bond donors (Lipinski definition) is 0. The molecule has 10 heavy (non-hydrogen) atoms. The van der Waals surface area contributed by atoms with Crippen molar-refractivity contribution in [3.63, 3.8) is 0 Å². The molecule has 0 saturated carbocycles. The molecule has 0 saturated heterocycles. The molecular formula is C7H9ClN2. The third kappa shape index (κ3) is 1.61. The molecule has 0 fully saturated rings. The van der Waals surface area contributed by atoms with Crippen LogP contribution in [-0.2, 0) is 6.54 Å². The lowest BCUT2D eigenvalue weighted by atomic mass is 10.6. The lowest BCUT2D eigenvalue weighted by Crippen LogP contribution is -1.95. The fraction of sp³-hybridized carbons (Fsp3) is 0.286. The van der Waals surface area contributed by atoms with Crippen molar-refractivity contribution in [2.45, 2.75) is 13.5 Å². The molecule has 0 aromatic carbocycles. The molecule has 1 heterocycles. The zero-order valence-electron chi connectivity index (χ0n) is 5.79. The first-order chi connectivity index (χ1) is 4.84. The quantitative estimate of drug-likeness (QED) is 0.640. The van der Waals surface area contributed by atoms with Crippen molar-refractivity contribution < 1.29 is 0 Å². The Morgan fingerprint density at radius 1 is 1.80 bits per heavy atom. The maximum Gasteiger partial charge on any atom is 0.105 e. The first-order valence-electron chi connectivity index (χ1n) is 3.07. The van der Waals surface area contributed by atoms with Gasteiger partial charge in [0.05, 0.1) is 0 Å². The molecule has 1 aromatic heterocycles. The summed E-state index contributed by atoms with van der Waals surface area (Å²) in [6.07, 6.45) is 5.57. The lowest BCUT2D eigenvalue weighted by molar-refractivity contribution is 0.781. The van der Waals surface area contributed by atoms with Crippen molar-refractivity contribution in [3.05, 3.63) is 29.8 Å². The second-order valence-electron chi connectivity index (χ2n) is 1.99. The van der Waals surface area contributed by atoms with Crippen LogP contribution < -0.4 is 0 Å². The van der Waals surface area contributed by atoms with Gasteiger partial charge in [-0.05, 0) is 6.92 Å². The minimum Gasteiger partial charge on any atom is -0.331 e. The van der Waals surface area contributed by atoms with Crippen molar-refractivity contribution in [2.24, 2.45) is 0 Å². The topological polar surface area (TPSA) is 17.8 Å². The second-order valence-corrected chi connectivity index (χ2v) is 2.24. The molecule has 1 aromatic rings. The van der Waals surface area contributed by atoms with Gasteiger partial charge in [-0.25, -0.2) is 4.98 Å². The van der Waals surface area contributed by atoms with E-state index < -0.39 is 0 Å². The average molecular weight is 157 g/mol. The van der Waals surface area contributed by atoms with Crippen molar-refractivity contribution in [1.82, 2.24) is 9.55 Å². The van der Waals surface area contributed by atoms with E-state index in [0.717, 1.165) is 12.4 Å². The molecule has 1 rings (SSSR count). The molecule has 0 spiro atoms. The largest absolute Gasteiger partial charge is 0.331 e. The first-order valence-corrected chi connectivity index (χ1v) is 3.51. The third-order valence-corrected chi connectivity index (χ3v) is 1.49. The van der Waals surface area contributed by atoms with E-state index in [1.165, 1.54) is 5.54 Å². The van der Waals surface area contributed by atoms with E-state index in [0.29, 0.717) is 0 Å². The van der Waals surface area contributed by atoms with Crippen molar-refractivity contribution >= 4 is 11.6 Å². The van der Waals surface area contributed by atoms with Crippen LogP contribution in [0.25, 0.3) is 0 Å². The average Bonchev–Trinajstić information content (AvgIpc) is 2.31.